The van der Waals surface area contributed by atoms with Gasteiger partial charge in [-0.05, 0) is 36.5 Å². The van der Waals surface area contributed by atoms with Crippen LogP contribution in [0.2, 0.25) is 0 Å². The molecule has 2 aliphatic rings. The molecular formula is C37H42N6O6S. The van der Waals surface area contributed by atoms with Gasteiger partial charge in [0.1, 0.15) is 11.5 Å². The second-order valence-electron chi connectivity index (χ2n) is 12.4. The highest BCUT2D eigenvalue weighted by Crippen LogP contribution is 2.44. The molecule has 1 saturated heterocycles. The summed E-state index contributed by atoms with van der Waals surface area (Å²) in [5.41, 5.74) is 4.30. The number of aromatic nitrogens is 2. The van der Waals surface area contributed by atoms with E-state index in [4.69, 9.17) is 19.2 Å². The Kier molecular flexibility index (Phi) is 11.1. The van der Waals surface area contributed by atoms with Crippen molar-refractivity contribution in [2.45, 2.75) is 25.8 Å². The summed E-state index contributed by atoms with van der Waals surface area (Å²) in [6, 6.07) is 13.5. The number of hydrogen-bond donors (Lipinski definition) is 1. The molecule has 50 heavy (non-hydrogen) atoms. The van der Waals surface area contributed by atoms with E-state index in [9.17, 15) is 14.4 Å². The predicted molar refractivity (Wildman–Crippen MR) is 193 cm³/mol. The number of pyridine rings is 1. The maximum absolute atomic E-state index is 14.1. The van der Waals surface area contributed by atoms with Crippen molar-refractivity contribution in [1.82, 2.24) is 25.1 Å². The van der Waals surface area contributed by atoms with Crippen molar-refractivity contribution in [2.24, 2.45) is 5.92 Å². The van der Waals surface area contributed by atoms with Gasteiger partial charge in [0, 0.05) is 80.7 Å². The molecule has 1 fully saturated rings. The number of nitrogens with one attached hydrogen (secondary N) is 1. The number of carbonyl (C=O) groups is 3. The number of nitrogens with zero attached hydrogens (tertiary/aromatic N) is 5. The summed E-state index contributed by atoms with van der Waals surface area (Å²) < 4.78 is 17.2. The highest BCUT2D eigenvalue weighted by atomic mass is 32.1. The average Bonchev–Trinajstić information content (AvgIpc) is 3.70. The van der Waals surface area contributed by atoms with Crippen molar-refractivity contribution >= 4 is 51.9 Å². The van der Waals surface area contributed by atoms with Gasteiger partial charge in [0.25, 0.3) is 5.91 Å². The minimum atomic E-state index is -0.281. The first kappa shape index (κ1) is 34.7. The zero-order valence-corrected chi connectivity index (χ0v) is 29.4. The van der Waals surface area contributed by atoms with Gasteiger partial charge in [-0.3, -0.25) is 14.4 Å². The molecule has 12 nitrogen and oxygen atoms in total. The van der Waals surface area contributed by atoms with Gasteiger partial charge >= 0.3 is 0 Å². The number of piperidine rings is 1. The van der Waals surface area contributed by atoms with Crippen LogP contribution < -0.4 is 24.4 Å². The third-order valence-electron chi connectivity index (χ3n) is 9.16. The van der Waals surface area contributed by atoms with Gasteiger partial charge in [0.05, 0.1) is 32.4 Å². The Morgan fingerprint density at radius 1 is 0.980 bits per heavy atom. The summed E-state index contributed by atoms with van der Waals surface area (Å²) in [5, 5.41) is 5.51. The standard InChI is InChI=1S/C37H42N6O6S/c1-47-31-19-29-28(34(48-2)35(31)49-3)18-27-22-42(33(45)12-11-25-8-5-4-6-9-25)17-16-41(37(46)30-23-50-24-39-30)15-13-32(44)38-20-26-10-7-14-43(21-26)36(27)40-29/h4-6,8-9,11-12,18-19,23-24,26H,7,10,13-17,20-22H2,1-3H3,(H,38,44). The molecule has 2 aromatic carbocycles. The normalized spacial score (nSPS) is 17.5. The van der Waals surface area contributed by atoms with Crippen molar-refractivity contribution in [3.05, 3.63) is 76.3 Å². The summed E-state index contributed by atoms with van der Waals surface area (Å²) >= 11 is 1.33. The molecule has 6 rings (SSSR count). The first-order valence-corrected chi connectivity index (χ1v) is 17.7. The third kappa shape index (κ3) is 7.83. The van der Waals surface area contributed by atoms with Crippen LogP contribution in [0.4, 0.5) is 5.82 Å². The van der Waals surface area contributed by atoms with E-state index in [1.807, 2.05) is 42.5 Å². The van der Waals surface area contributed by atoms with E-state index in [0.717, 1.165) is 41.7 Å². The summed E-state index contributed by atoms with van der Waals surface area (Å²) in [7, 11) is 4.71. The minimum Gasteiger partial charge on any atom is -0.493 e. The summed E-state index contributed by atoms with van der Waals surface area (Å²) in [6.07, 6.45) is 5.37. The maximum atomic E-state index is 14.1. The Bertz CT molecular complexity index is 1850. The Morgan fingerprint density at radius 3 is 2.52 bits per heavy atom. The van der Waals surface area contributed by atoms with Crippen LogP contribution in [0.1, 0.15) is 40.9 Å². The van der Waals surface area contributed by atoms with Crippen LogP contribution in [0, 0.1) is 5.92 Å². The van der Waals surface area contributed by atoms with Gasteiger partial charge in [-0.25, -0.2) is 9.97 Å². The van der Waals surface area contributed by atoms with Crippen LogP contribution in [0.5, 0.6) is 17.2 Å². The van der Waals surface area contributed by atoms with Crippen molar-refractivity contribution in [3.63, 3.8) is 0 Å². The zero-order chi connectivity index (χ0) is 35.0. The number of thiazole rings is 1. The van der Waals surface area contributed by atoms with Crippen LogP contribution in [-0.4, -0.2) is 98.1 Å². The van der Waals surface area contributed by atoms with Gasteiger partial charge in [-0.2, -0.15) is 0 Å². The fourth-order valence-corrected chi connectivity index (χ4v) is 7.09. The van der Waals surface area contributed by atoms with Crippen LogP contribution in [0.3, 0.4) is 0 Å². The number of hydrogen-bond acceptors (Lipinski definition) is 10. The quantitative estimate of drug-likeness (QED) is 0.287. The number of rotatable bonds is 6. The molecule has 0 aliphatic carbocycles. The Hall–Kier alpha value is -5.17. The van der Waals surface area contributed by atoms with Crippen LogP contribution in [0.15, 0.2) is 59.4 Å². The monoisotopic (exact) mass is 698 g/mol. The third-order valence-corrected chi connectivity index (χ3v) is 9.75. The Labute approximate surface area is 295 Å². The molecule has 13 heteroatoms. The van der Waals surface area contributed by atoms with Crippen LogP contribution in [0.25, 0.3) is 17.0 Å². The fraction of sp³-hybridized carbons (Fsp3) is 0.378. The van der Waals surface area contributed by atoms with Gasteiger partial charge in [0.2, 0.25) is 17.6 Å². The zero-order valence-electron chi connectivity index (χ0n) is 28.6. The first-order chi connectivity index (χ1) is 24.4. The molecule has 4 heterocycles. The van der Waals surface area contributed by atoms with E-state index in [2.05, 4.69) is 15.2 Å². The molecule has 2 bridgehead atoms. The molecule has 0 spiro atoms. The van der Waals surface area contributed by atoms with E-state index in [1.54, 1.807) is 54.2 Å². The largest absolute Gasteiger partial charge is 0.493 e. The number of carbonyl (C=O) groups excluding carboxylic acids is 3. The predicted octanol–water partition coefficient (Wildman–Crippen LogP) is 4.64. The van der Waals surface area contributed by atoms with Crippen LogP contribution >= 0.6 is 11.3 Å². The molecule has 0 saturated carbocycles. The van der Waals surface area contributed by atoms with Crippen molar-refractivity contribution in [2.75, 3.05) is 65.5 Å². The Morgan fingerprint density at radius 2 is 1.78 bits per heavy atom. The molecular weight excluding hydrogens is 657 g/mol. The topological polar surface area (TPSA) is 126 Å². The fourth-order valence-electron chi connectivity index (χ4n) is 6.57. The second-order valence-corrected chi connectivity index (χ2v) is 13.1. The maximum Gasteiger partial charge on any atom is 0.273 e. The smallest absolute Gasteiger partial charge is 0.273 e. The summed E-state index contributed by atoms with van der Waals surface area (Å²) in [5.74, 6) is 1.74. The summed E-state index contributed by atoms with van der Waals surface area (Å²) in [4.78, 5) is 55.7. The van der Waals surface area contributed by atoms with E-state index >= 15 is 0 Å². The highest BCUT2D eigenvalue weighted by Gasteiger charge is 2.28. The lowest BCUT2D eigenvalue weighted by Crippen LogP contribution is -2.42. The van der Waals surface area contributed by atoms with Gasteiger partial charge in [-0.15, -0.1) is 11.3 Å². The number of benzene rings is 2. The lowest BCUT2D eigenvalue weighted by atomic mass is 9.97. The van der Waals surface area contributed by atoms with Crippen LogP contribution in [-0.2, 0) is 16.1 Å². The molecule has 4 aromatic rings. The lowest BCUT2D eigenvalue weighted by molar-refractivity contribution is -0.127. The van der Waals surface area contributed by atoms with Crippen molar-refractivity contribution < 1.29 is 28.6 Å². The molecule has 262 valence electrons. The molecule has 2 aromatic heterocycles. The van der Waals surface area contributed by atoms with E-state index in [-0.39, 0.29) is 56.2 Å². The molecule has 3 amide bonds. The van der Waals surface area contributed by atoms with Gasteiger partial charge in [-0.1, -0.05) is 30.3 Å². The van der Waals surface area contributed by atoms with E-state index in [0.29, 0.717) is 41.5 Å². The molecule has 0 radical (unpaired) electrons. The molecule has 2 aliphatic heterocycles. The van der Waals surface area contributed by atoms with E-state index in [1.165, 1.54) is 11.3 Å². The molecule has 1 unspecified atom stereocenters. The van der Waals surface area contributed by atoms with Gasteiger partial charge < -0.3 is 34.2 Å². The number of fused-ring (bicyclic) bond motifs is 5. The summed E-state index contributed by atoms with van der Waals surface area (Å²) in [6.45, 7) is 2.80. The Balaban J connectivity index is 1.46. The molecule has 1 atom stereocenters. The molecule has 1 N–H and O–H groups in total. The minimum absolute atomic E-state index is 0.121. The van der Waals surface area contributed by atoms with Crippen molar-refractivity contribution in [3.8, 4) is 17.2 Å². The van der Waals surface area contributed by atoms with E-state index < -0.39 is 0 Å². The SMILES string of the molecule is COc1cc2nc3c(cc2c(OC)c1OC)CN(C(=O)C=Cc1ccccc1)CCN(C(=O)c1cscn1)CCC(=O)NCC1CCCN3C1. The van der Waals surface area contributed by atoms with Gasteiger partial charge in [0.15, 0.2) is 11.5 Å². The van der Waals surface area contributed by atoms with Crippen molar-refractivity contribution in [1.29, 1.82) is 0 Å². The number of amides is 3. The first-order valence-electron chi connectivity index (χ1n) is 16.7. The highest BCUT2D eigenvalue weighted by molar-refractivity contribution is 7.07. The number of ether oxygens (including phenoxy) is 3. The number of anilines is 1. The second kappa shape index (κ2) is 16.0. The average molecular weight is 699 g/mol. The number of methoxy groups -OCH3 is 3. The lowest BCUT2D eigenvalue weighted by Gasteiger charge is -2.35.